The standard InChI is InChI=1S/C13H16BrN3O2/c1-17-12(15-9-16-17)6-13(7-18,8-19)10-4-2-3-5-11(10)14/h2-5,9,18-19H,6-8H2,1H3. The lowest BCUT2D eigenvalue weighted by molar-refractivity contribution is 0.113. The van der Waals surface area contributed by atoms with Gasteiger partial charge >= 0.3 is 0 Å². The molecule has 0 spiro atoms. The summed E-state index contributed by atoms with van der Waals surface area (Å²) in [6, 6.07) is 7.57. The van der Waals surface area contributed by atoms with Gasteiger partial charge in [-0.3, -0.25) is 4.68 Å². The molecule has 5 nitrogen and oxygen atoms in total. The van der Waals surface area contributed by atoms with E-state index in [9.17, 15) is 10.2 Å². The molecular formula is C13H16BrN3O2. The topological polar surface area (TPSA) is 71.2 Å². The predicted octanol–water partition coefficient (Wildman–Crippen LogP) is 1.04. The van der Waals surface area contributed by atoms with Crippen molar-refractivity contribution in [2.75, 3.05) is 13.2 Å². The van der Waals surface area contributed by atoms with Gasteiger partial charge < -0.3 is 10.2 Å². The zero-order valence-electron chi connectivity index (χ0n) is 10.6. The highest BCUT2D eigenvalue weighted by atomic mass is 79.9. The Hall–Kier alpha value is -1.24. The SMILES string of the molecule is Cn1ncnc1CC(CO)(CO)c1ccccc1Br. The van der Waals surface area contributed by atoms with Crippen LogP contribution in [-0.4, -0.2) is 38.2 Å². The van der Waals surface area contributed by atoms with Gasteiger partial charge in [0.1, 0.15) is 12.2 Å². The molecule has 2 N–H and O–H groups in total. The van der Waals surface area contributed by atoms with E-state index in [0.717, 1.165) is 15.9 Å². The lowest BCUT2D eigenvalue weighted by Crippen LogP contribution is -2.38. The van der Waals surface area contributed by atoms with Gasteiger partial charge in [-0.25, -0.2) is 4.98 Å². The van der Waals surface area contributed by atoms with E-state index in [-0.39, 0.29) is 13.2 Å². The minimum absolute atomic E-state index is 0.168. The highest BCUT2D eigenvalue weighted by molar-refractivity contribution is 9.10. The Bertz CT molecular complexity index is 552. The third kappa shape index (κ3) is 2.70. The zero-order chi connectivity index (χ0) is 13.9. The van der Waals surface area contributed by atoms with Crippen LogP contribution in [0.4, 0.5) is 0 Å². The number of halogens is 1. The second kappa shape index (κ2) is 5.81. The third-order valence-corrected chi connectivity index (χ3v) is 4.04. The van der Waals surface area contributed by atoms with E-state index in [4.69, 9.17) is 0 Å². The number of aromatic nitrogens is 3. The molecule has 2 aromatic rings. The molecule has 0 aliphatic rings. The maximum absolute atomic E-state index is 9.81. The van der Waals surface area contributed by atoms with Crippen LogP contribution < -0.4 is 0 Å². The summed E-state index contributed by atoms with van der Waals surface area (Å²) in [6.45, 7) is -0.335. The second-order valence-electron chi connectivity index (χ2n) is 4.55. The van der Waals surface area contributed by atoms with Crippen molar-refractivity contribution in [3.05, 3.63) is 46.5 Å². The van der Waals surface area contributed by atoms with E-state index < -0.39 is 5.41 Å². The summed E-state index contributed by atoms with van der Waals surface area (Å²) in [6.07, 6.45) is 1.88. The number of aliphatic hydroxyl groups is 2. The number of aryl methyl sites for hydroxylation is 1. The van der Waals surface area contributed by atoms with E-state index >= 15 is 0 Å². The van der Waals surface area contributed by atoms with Crippen molar-refractivity contribution in [1.29, 1.82) is 0 Å². The van der Waals surface area contributed by atoms with Crippen LogP contribution in [0.2, 0.25) is 0 Å². The van der Waals surface area contributed by atoms with Gasteiger partial charge in [0.15, 0.2) is 0 Å². The van der Waals surface area contributed by atoms with E-state index in [1.807, 2.05) is 24.3 Å². The summed E-state index contributed by atoms with van der Waals surface area (Å²) in [5.74, 6) is 0.721. The van der Waals surface area contributed by atoms with E-state index in [1.54, 1.807) is 11.7 Å². The lowest BCUT2D eigenvalue weighted by Gasteiger charge is -2.30. The highest BCUT2D eigenvalue weighted by Crippen LogP contribution is 2.32. The molecule has 1 heterocycles. The number of aliphatic hydroxyl groups excluding tert-OH is 2. The smallest absolute Gasteiger partial charge is 0.138 e. The van der Waals surface area contributed by atoms with Crippen molar-refractivity contribution >= 4 is 15.9 Å². The number of hydrogen-bond acceptors (Lipinski definition) is 4. The Morgan fingerprint density at radius 2 is 1.95 bits per heavy atom. The number of hydrogen-bond donors (Lipinski definition) is 2. The molecule has 0 bridgehead atoms. The first kappa shape index (κ1) is 14.2. The summed E-state index contributed by atoms with van der Waals surface area (Å²) < 4.78 is 2.51. The summed E-state index contributed by atoms with van der Waals surface area (Å²) in [5, 5.41) is 23.6. The molecule has 0 unspecified atom stereocenters. The molecule has 0 fully saturated rings. The first-order chi connectivity index (χ1) is 9.13. The van der Waals surface area contributed by atoms with Crippen LogP contribution in [-0.2, 0) is 18.9 Å². The van der Waals surface area contributed by atoms with Crippen molar-refractivity contribution in [3.63, 3.8) is 0 Å². The maximum Gasteiger partial charge on any atom is 0.138 e. The molecule has 102 valence electrons. The van der Waals surface area contributed by atoms with Gasteiger partial charge in [-0.15, -0.1) is 0 Å². The lowest BCUT2D eigenvalue weighted by atomic mass is 9.78. The maximum atomic E-state index is 9.81. The van der Waals surface area contributed by atoms with Gasteiger partial charge in [0.25, 0.3) is 0 Å². The molecule has 1 aromatic carbocycles. The molecule has 1 aromatic heterocycles. The largest absolute Gasteiger partial charge is 0.395 e. The van der Waals surface area contributed by atoms with Gasteiger partial charge in [-0.05, 0) is 11.6 Å². The quantitative estimate of drug-likeness (QED) is 0.861. The molecule has 0 radical (unpaired) electrons. The summed E-state index contributed by atoms with van der Waals surface area (Å²) in [4.78, 5) is 4.17. The molecule has 2 rings (SSSR count). The van der Waals surface area contributed by atoms with Gasteiger partial charge in [-0.1, -0.05) is 34.1 Å². The zero-order valence-corrected chi connectivity index (χ0v) is 12.2. The van der Waals surface area contributed by atoms with Crippen LogP contribution in [0, 0.1) is 0 Å². The Labute approximate surface area is 120 Å². The van der Waals surface area contributed by atoms with Crippen molar-refractivity contribution in [2.45, 2.75) is 11.8 Å². The van der Waals surface area contributed by atoms with Crippen molar-refractivity contribution in [3.8, 4) is 0 Å². The minimum atomic E-state index is -0.777. The molecule has 0 saturated carbocycles. The number of benzene rings is 1. The predicted molar refractivity (Wildman–Crippen MR) is 74.7 cm³/mol. The van der Waals surface area contributed by atoms with Crippen LogP contribution in [0.1, 0.15) is 11.4 Å². The highest BCUT2D eigenvalue weighted by Gasteiger charge is 2.34. The normalized spacial score (nSPS) is 11.8. The van der Waals surface area contributed by atoms with Crippen LogP contribution >= 0.6 is 15.9 Å². The summed E-state index contributed by atoms with van der Waals surface area (Å²) >= 11 is 3.47. The number of nitrogens with zero attached hydrogens (tertiary/aromatic N) is 3. The molecule has 19 heavy (non-hydrogen) atoms. The average molecular weight is 326 g/mol. The summed E-state index contributed by atoms with van der Waals surface area (Å²) in [5.41, 5.74) is 0.0870. The summed E-state index contributed by atoms with van der Waals surface area (Å²) in [7, 11) is 1.79. The fourth-order valence-corrected chi connectivity index (χ4v) is 2.81. The molecular weight excluding hydrogens is 310 g/mol. The minimum Gasteiger partial charge on any atom is -0.395 e. The Kier molecular flexibility index (Phi) is 4.34. The van der Waals surface area contributed by atoms with Crippen LogP contribution in [0.5, 0.6) is 0 Å². The first-order valence-electron chi connectivity index (χ1n) is 5.92. The van der Waals surface area contributed by atoms with Gasteiger partial charge in [-0.2, -0.15) is 5.10 Å². The number of rotatable bonds is 5. The van der Waals surface area contributed by atoms with Crippen molar-refractivity contribution in [2.24, 2.45) is 7.05 Å². The fourth-order valence-electron chi connectivity index (χ4n) is 2.10. The van der Waals surface area contributed by atoms with Gasteiger partial charge in [0, 0.05) is 23.4 Å². The van der Waals surface area contributed by atoms with Gasteiger partial charge in [0.2, 0.25) is 0 Å². The molecule has 0 atom stereocenters. The molecule has 0 aliphatic carbocycles. The van der Waals surface area contributed by atoms with E-state index in [1.165, 1.54) is 6.33 Å². The molecule has 0 amide bonds. The third-order valence-electron chi connectivity index (χ3n) is 3.35. The van der Waals surface area contributed by atoms with Crippen molar-refractivity contribution < 1.29 is 10.2 Å². The Morgan fingerprint density at radius 3 is 2.47 bits per heavy atom. The van der Waals surface area contributed by atoms with Gasteiger partial charge in [0.05, 0.1) is 13.2 Å². The van der Waals surface area contributed by atoms with E-state index in [0.29, 0.717) is 6.42 Å². The fraction of sp³-hybridized carbons (Fsp3) is 0.385. The van der Waals surface area contributed by atoms with Crippen LogP contribution in [0.25, 0.3) is 0 Å². The Balaban J connectivity index is 2.44. The van der Waals surface area contributed by atoms with Crippen molar-refractivity contribution in [1.82, 2.24) is 14.8 Å². The second-order valence-corrected chi connectivity index (χ2v) is 5.41. The molecule has 0 saturated heterocycles. The van der Waals surface area contributed by atoms with E-state index in [2.05, 4.69) is 26.0 Å². The first-order valence-corrected chi connectivity index (χ1v) is 6.72. The van der Waals surface area contributed by atoms with Crippen LogP contribution in [0.15, 0.2) is 35.1 Å². The molecule has 0 aliphatic heterocycles. The monoisotopic (exact) mass is 325 g/mol. The molecule has 6 heteroatoms. The average Bonchev–Trinajstić information content (AvgIpc) is 2.82. The Morgan fingerprint density at radius 1 is 1.26 bits per heavy atom. The van der Waals surface area contributed by atoms with Crippen LogP contribution in [0.3, 0.4) is 0 Å².